The minimum atomic E-state index is 0.377. The van der Waals surface area contributed by atoms with E-state index < -0.39 is 0 Å². The molecule has 0 aromatic heterocycles. The first-order chi connectivity index (χ1) is 19.6. The molecule has 0 amide bonds. The summed E-state index contributed by atoms with van der Waals surface area (Å²) in [6.45, 7) is 18.1. The van der Waals surface area contributed by atoms with Crippen LogP contribution in [0, 0.1) is 0 Å². The van der Waals surface area contributed by atoms with Gasteiger partial charge < -0.3 is 0 Å². The van der Waals surface area contributed by atoms with Gasteiger partial charge in [-0.3, -0.25) is 0 Å². The molecular formula is C36H40Br2N2Ni. The summed E-state index contributed by atoms with van der Waals surface area (Å²) in [5.74, 6) is 1.51. The minimum absolute atomic E-state index is 0.377. The van der Waals surface area contributed by atoms with Crippen LogP contribution in [0.2, 0.25) is 0 Å². The van der Waals surface area contributed by atoms with Crippen molar-refractivity contribution in [1.82, 2.24) is 0 Å². The van der Waals surface area contributed by atoms with E-state index in [1.54, 1.807) is 0 Å². The predicted molar refractivity (Wildman–Crippen MR) is 183 cm³/mol. The fraction of sp³-hybridized carbons (Fsp3) is 0.333. The predicted octanol–water partition coefficient (Wildman–Crippen LogP) is 12.3. The number of benzene rings is 4. The fourth-order valence-corrected chi connectivity index (χ4v) is 5.72. The van der Waals surface area contributed by atoms with Crippen molar-refractivity contribution in [2.45, 2.75) is 79.1 Å². The van der Waals surface area contributed by atoms with Gasteiger partial charge >= 0.3 is 39.3 Å². The Kier molecular flexibility index (Phi) is 10.8. The number of hydrogen-bond acceptors (Lipinski definition) is 2. The molecule has 0 N–H and O–H groups in total. The van der Waals surface area contributed by atoms with Crippen LogP contribution in [0.5, 0.6) is 0 Å². The van der Waals surface area contributed by atoms with Crippen LogP contribution in [0.15, 0.2) is 82.8 Å². The normalized spacial score (nSPS) is 14.8. The topological polar surface area (TPSA) is 24.7 Å². The van der Waals surface area contributed by atoms with E-state index in [0.29, 0.717) is 23.7 Å². The van der Waals surface area contributed by atoms with Gasteiger partial charge in [0, 0.05) is 16.5 Å². The summed E-state index contributed by atoms with van der Waals surface area (Å²) in [6, 6.07) is 26.5. The molecule has 4 aromatic carbocycles. The molecule has 0 atom stereocenters. The molecule has 41 heavy (non-hydrogen) atoms. The summed E-state index contributed by atoms with van der Waals surface area (Å²) < 4.78 is 0. The average molecular weight is 719 g/mol. The van der Waals surface area contributed by atoms with Crippen LogP contribution < -0.4 is 0 Å². The van der Waals surface area contributed by atoms with Gasteiger partial charge in [0.1, 0.15) is 0 Å². The number of para-hydroxylation sites is 2. The van der Waals surface area contributed by atoms with Crippen molar-refractivity contribution < 1.29 is 10.9 Å². The Morgan fingerprint density at radius 2 is 0.780 bits per heavy atom. The quantitative estimate of drug-likeness (QED) is 0.177. The molecule has 2 nitrogen and oxygen atoms in total. The molecule has 0 aliphatic heterocycles. The summed E-state index contributed by atoms with van der Waals surface area (Å²) >= 11 is 6.00. The van der Waals surface area contributed by atoms with Crippen LogP contribution in [-0.2, 0) is 10.9 Å². The van der Waals surface area contributed by atoms with Crippen molar-refractivity contribution in [3.8, 4) is 0 Å². The summed E-state index contributed by atoms with van der Waals surface area (Å²) in [6.07, 6.45) is 0. The van der Waals surface area contributed by atoms with E-state index >= 15 is 0 Å². The van der Waals surface area contributed by atoms with Crippen molar-refractivity contribution in [2.24, 2.45) is 9.98 Å². The standard InChI is InChI=1S/C36H40N2.2BrH.Ni/c1-21(2)26-15-11-16-27(22(3)4)33(26)37-35-30-19-9-13-25-14-10-20-31(32(25)30)36(35)38-34-28(23(5)6)17-12-18-29(34)24(7)8;;;/h9-24H,1-8H3;2*1H;/q;;;+2/p-2. The van der Waals surface area contributed by atoms with E-state index in [-0.39, 0.29) is 0 Å². The van der Waals surface area contributed by atoms with Crippen LogP contribution in [0.3, 0.4) is 0 Å². The SMILES string of the molecule is CC(C)c1cccc(C(C)C)c1N=C1C(=Nc2c(C(C)C)cccc2C(C)C)c2cccc3cccc1c23.[Br][Ni][Br]. The van der Waals surface area contributed by atoms with Crippen molar-refractivity contribution in [3.63, 3.8) is 0 Å². The molecule has 0 fully saturated rings. The second-order valence-electron chi connectivity index (χ2n) is 11.9. The molecule has 0 saturated heterocycles. The molecule has 4 aromatic rings. The van der Waals surface area contributed by atoms with E-state index in [1.807, 2.05) is 0 Å². The van der Waals surface area contributed by atoms with Gasteiger partial charge in [-0.2, -0.15) is 0 Å². The monoisotopic (exact) mass is 716 g/mol. The van der Waals surface area contributed by atoms with Gasteiger partial charge in [0.25, 0.3) is 0 Å². The van der Waals surface area contributed by atoms with Crippen LogP contribution in [0.1, 0.15) is 112 Å². The van der Waals surface area contributed by atoms with Crippen LogP contribution >= 0.6 is 28.5 Å². The van der Waals surface area contributed by atoms with Gasteiger partial charge in [-0.05, 0) is 51.3 Å². The zero-order valence-corrected chi connectivity index (χ0v) is 29.4. The third kappa shape index (κ3) is 6.63. The molecule has 0 bridgehead atoms. The van der Waals surface area contributed by atoms with Crippen molar-refractivity contribution in [1.29, 1.82) is 0 Å². The zero-order valence-electron chi connectivity index (χ0n) is 25.2. The van der Waals surface area contributed by atoms with E-state index in [2.05, 4.69) is 157 Å². The summed E-state index contributed by atoms with van der Waals surface area (Å²) in [5, 5.41) is 2.49. The van der Waals surface area contributed by atoms with Crippen molar-refractivity contribution in [3.05, 3.63) is 106 Å². The Morgan fingerprint density at radius 3 is 1.07 bits per heavy atom. The average Bonchev–Trinajstić information content (AvgIpc) is 3.22. The Hall–Kier alpha value is -2.07. The Morgan fingerprint density at radius 1 is 0.488 bits per heavy atom. The molecule has 218 valence electrons. The van der Waals surface area contributed by atoms with Crippen molar-refractivity contribution in [2.75, 3.05) is 0 Å². The van der Waals surface area contributed by atoms with Gasteiger partial charge in [0.15, 0.2) is 0 Å². The molecular weight excluding hydrogens is 679 g/mol. The Labute approximate surface area is 266 Å². The van der Waals surface area contributed by atoms with Gasteiger partial charge in [0.2, 0.25) is 0 Å². The number of nitrogens with zero attached hydrogens (tertiary/aromatic N) is 2. The molecule has 0 unspecified atom stereocenters. The van der Waals surface area contributed by atoms with Gasteiger partial charge in [-0.15, -0.1) is 0 Å². The summed E-state index contributed by atoms with van der Waals surface area (Å²) in [5.41, 5.74) is 11.7. The molecule has 5 rings (SSSR count). The van der Waals surface area contributed by atoms with E-state index in [4.69, 9.17) is 9.98 Å². The number of aliphatic imine (C=N–C) groups is 2. The van der Waals surface area contributed by atoms with Gasteiger partial charge in [-0.25, -0.2) is 9.98 Å². The second kappa shape index (κ2) is 13.9. The Balaban J connectivity index is 0.00000124. The molecule has 1 aliphatic carbocycles. The maximum atomic E-state index is 5.55. The third-order valence-corrected chi connectivity index (χ3v) is 7.77. The first kappa shape index (κ1) is 31.9. The van der Waals surface area contributed by atoms with E-state index in [9.17, 15) is 0 Å². The molecule has 5 heteroatoms. The summed E-state index contributed by atoms with van der Waals surface area (Å²) in [7, 11) is 1.25. The van der Waals surface area contributed by atoms with Crippen LogP contribution in [0.4, 0.5) is 11.4 Å². The number of rotatable bonds is 6. The molecule has 0 heterocycles. The first-order valence-corrected chi connectivity index (χ1v) is 19.3. The second-order valence-corrected chi connectivity index (χ2v) is 16.8. The molecule has 0 radical (unpaired) electrons. The van der Waals surface area contributed by atoms with E-state index in [1.165, 1.54) is 55.1 Å². The van der Waals surface area contributed by atoms with E-state index in [0.717, 1.165) is 22.8 Å². The Bertz CT molecular complexity index is 1430. The number of halogens is 2. The van der Waals surface area contributed by atoms with Gasteiger partial charge in [-0.1, -0.05) is 128 Å². The fourth-order valence-electron chi connectivity index (χ4n) is 5.72. The van der Waals surface area contributed by atoms with Crippen LogP contribution in [0.25, 0.3) is 10.8 Å². The van der Waals surface area contributed by atoms with Crippen LogP contribution in [-0.4, -0.2) is 11.4 Å². The molecule has 0 spiro atoms. The van der Waals surface area contributed by atoms with Crippen molar-refractivity contribution >= 4 is 62.0 Å². The maximum absolute atomic E-state index is 5.55. The third-order valence-electron chi connectivity index (χ3n) is 7.77. The summed E-state index contributed by atoms with van der Waals surface area (Å²) in [4.78, 5) is 11.1. The van der Waals surface area contributed by atoms with Gasteiger partial charge in [0.05, 0.1) is 22.8 Å². The first-order valence-electron chi connectivity index (χ1n) is 14.4. The zero-order chi connectivity index (χ0) is 29.8. The molecule has 1 aliphatic rings. The number of hydrogen-bond donors (Lipinski definition) is 0. The molecule has 0 saturated carbocycles.